The lowest BCUT2D eigenvalue weighted by Crippen LogP contribution is -2.41. The predicted molar refractivity (Wildman–Crippen MR) is 77.8 cm³/mol. The van der Waals surface area contributed by atoms with E-state index in [-0.39, 0.29) is 24.9 Å². The smallest absolute Gasteiger partial charge is 0.260 e. The summed E-state index contributed by atoms with van der Waals surface area (Å²) in [4.78, 5) is 13.5. The first kappa shape index (κ1) is 16.7. The highest BCUT2D eigenvalue weighted by molar-refractivity contribution is 5.85. The molecule has 2 rings (SSSR count). The van der Waals surface area contributed by atoms with Crippen molar-refractivity contribution in [3.05, 3.63) is 29.8 Å². The highest BCUT2D eigenvalue weighted by Crippen LogP contribution is 2.15. The van der Waals surface area contributed by atoms with Crippen molar-refractivity contribution in [2.24, 2.45) is 5.73 Å². The Morgan fingerprint density at radius 2 is 2.10 bits per heavy atom. The highest BCUT2D eigenvalue weighted by atomic mass is 35.5. The largest absolute Gasteiger partial charge is 0.484 e. The number of alkyl halides is 1. The van der Waals surface area contributed by atoms with E-state index in [1.54, 1.807) is 11.0 Å². The molecule has 1 saturated heterocycles. The molecule has 1 aromatic carbocycles. The van der Waals surface area contributed by atoms with E-state index >= 15 is 0 Å². The zero-order chi connectivity index (χ0) is 13.7. The van der Waals surface area contributed by atoms with Crippen LogP contribution in [0.5, 0.6) is 5.75 Å². The molecule has 0 aromatic heterocycles. The van der Waals surface area contributed by atoms with Gasteiger partial charge in [-0.25, -0.2) is 4.39 Å². The molecule has 1 fully saturated rings. The number of hydrogen-bond donors (Lipinski definition) is 1. The van der Waals surface area contributed by atoms with Gasteiger partial charge in [0, 0.05) is 19.6 Å². The Labute approximate surface area is 124 Å². The minimum atomic E-state index is -0.772. The monoisotopic (exact) mass is 302 g/mol. The molecule has 2 N–H and O–H groups in total. The van der Waals surface area contributed by atoms with Crippen LogP contribution in [0.25, 0.3) is 0 Å². The van der Waals surface area contributed by atoms with Crippen LogP contribution in [0.1, 0.15) is 18.4 Å². The average molecular weight is 303 g/mol. The minimum absolute atomic E-state index is 0. The van der Waals surface area contributed by atoms with Crippen LogP contribution < -0.4 is 10.5 Å². The number of piperidine rings is 1. The lowest BCUT2D eigenvalue weighted by atomic mass is 10.1. The Bertz CT molecular complexity index is 437. The number of amides is 1. The zero-order valence-corrected chi connectivity index (χ0v) is 12.1. The third-order valence-corrected chi connectivity index (χ3v) is 3.27. The maximum atomic E-state index is 13.0. The molecule has 1 aliphatic rings. The zero-order valence-electron chi connectivity index (χ0n) is 11.3. The molecule has 1 amide bonds. The van der Waals surface area contributed by atoms with Gasteiger partial charge in [0.1, 0.15) is 11.9 Å². The second-order valence-electron chi connectivity index (χ2n) is 4.70. The lowest BCUT2D eigenvalue weighted by Gasteiger charge is -2.28. The SMILES string of the molecule is Cl.NCc1cccc(OCC(=O)N2CCC(F)CC2)c1. The van der Waals surface area contributed by atoms with Crippen molar-refractivity contribution in [1.29, 1.82) is 0 Å². The highest BCUT2D eigenvalue weighted by Gasteiger charge is 2.22. The molecule has 0 aliphatic carbocycles. The van der Waals surface area contributed by atoms with Gasteiger partial charge in [-0.2, -0.15) is 0 Å². The molecule has 4 nitrogen and oxygen atoms in total. The van der Waals surface area contributed by atoms with E-state index in [1.807, 2.05) is 18.2 Å². The first-order valence-corrected chi connectivity index (χ1v) is 6.52. The first-order chi connectivity index (χ1) is 9.19. The molecule has 1 heterocycles. The summed E-state index contributed by atoms with van der Waals surface area (Å²) in [6.07, 6.45) is 0.0780. The van der Waals surface area contributed by atoms with E-state index in [0.717, 1.165) is 5.56 Å². The lowest BCUT2D eigenvalue weighted by molar-refractivity contribution is -0.134. The fourth-order valence-electron chi connectivity index (χ4n) is 2.10. The summed E-state index contributed by atoms with van der Waals surface area (Å²) in [7, 11) is 0. The molecule has 0 spiro atoms. The number of rotatable bonds is 4. The van der Waals surface area contributed by atoms with Gasteiger partial charge < -0.3 is 15.4 Å². The van der Waals surface area contributed by atoms with Gasteiger partial charge in [-0.3, -0.25) is 4.79 Å². The molecule has 0 atom stereocenters. The van der Waals surface area contributed by atoms with Crippen LogP contribution in [0.3, 0.4) is 0 Å². The third kappa shape index (κ3) is 4.65. The number of halogens is 2. The van der Waals surface area contributed by atoms with Crippen molar-refractivity contribution in [3.63, 3.8) is 0 Å². The van der Waals surface area contributed by atoms with Gasteiger partial charge in [0.05, 0.1) is 0 Å². The molecule has 1 aliphatic heterocycles. The molecular formula is C14H20ClFN2O2. The van der Waals surface area contributed by atoms with Crippen molar-refractivity contribution in [2.45, 2.75) is 25.6 Å². The van der Waals surface area contributed by atoms with Crippen molar-refractivity contribution >= 4 is 18.3 Å². The summed E-state index contributed by atoms with van der Waals surface area (Å²) in [6.45, 7) is 1.39. The van der Waals surface area contributed by atoms with Gasteiger partial charge in [0.15, 0.2) is 6.61 Å². The maximum absolute atomic E-state index is 13.0. The number of ether oxygens (including phenoxy) is 1. The van der Waals surface area contributed by atoms with Crippen LogP contribution >= 0.6 is 12.4 Å². The molecule has 0 bridgehead atoms. The average Bonchev–Trinajstić information content (AvgIpc) is 2.46. The quantitative estimate of drug-likeness (QED) is 0.924. The minimum Gasteiger partial charge on any atom is -0.484 e. The molecule has 0 saturated carbocycles. The summed E-state index contributed by atoms with van der Waals surface area (Å²) >= 11 is 0. The second-order valence-corrected chi connectivity index (χ2v) is 4.70. The summed E-state index contributed by atoms with van der Waals surface area (Å²) in [5, 5.41) is 0. The van der Waals surface area contributed by atoms with Crippen LogP contribution in [0, 0.1) is 0 Å². The number of carbonyl (C=O) groups is 1. The fourth-order valence-corrected chi connectivity index (χ4v) is 2.10. The molecule has 0 unspecified atom stereocenters. The van der Waals surface area contributed by atoms with Gasteiger partial charge >= 0.3 is 0 Å². The fraction of sp³-hybridized carbons (Fsp3) is 0.500. The normalized spacial score (nSPS) is 15.6. The number of nitrogens with two attached hydrogens (primary N) is 1. The Hall–Kier alpha value is -1.33. The van der Waals surface area contributed by atoms with E-state index in [2.05, 4.69) is 0 Å². The summed E-state index contributed by atoms with van der Waals surface area (Å²) in [5.41, 5.74) is 6.50. The van der Waals surface area contributed by atoms with Crippen molar-refractivity contribution in [2.75, 3.05) is 19.7 Å². The van der Waals surface area contributed by atoms with Crippen LogP contribution in [-0.2, 0) is 11.3 Å². The Morgan fingerprint density at radius 1 is 1.40 bits per heavy atom. The Balaban J connectivity index is 0.00000200. The Morgan fingerprint density at radius 3 is 2.75 bits per heavy atom. The summed E-state index contributed by atoms with van der Waals surface area (Å²) < 4.78 is 18.4. The molecule has 1 aromatic rings. The second kappa shape index (κ2) is 8.07. The van der Waals surface area contributed by atoms with Crippen molar-refractivity contribution in [3.8, 4) is 5.75 Å². The number of benzene rings is 1. The molecule has 112 valence electrons. The van der Waals surface area contributed by atoms with Gasteiger partial charge in [-0.05, 0) is 30.5 Å². The molecule has 20 heavy (non-hydrogen) atoms. The van der Waals surface area contributed by atoms with Crippen LogP contribution in [-0.4, -0.2) is 36.7 Å². The molecule has 6 heteroatoms. The van der Waals surface area contributed by atoms with E-state index < -0.39 is 6.17 Å². The summed E-state index contributed by atoms with van der Waals surface area (Å²) in [5.74, 6) is 0.543. The number of hydrogen-bond acceptors (Lipinski definition) is 3. The van der Waals surface area contributed by atoms with E-state index in [9.17, 15) is 9.18 Å². The van der Waals surface area contributed by atoms with Gasteiger partial charge in [-0.1, -0.05) is 12.1 Å². The maximum Gasteiger partial charge on any atom is 0.260 e. The van der Waals surface area contributed by atoms with Crippen molar-refractivity contribution in [1.82, 2.24) is 4.90 Å². The van der Waals surface area contributed by atoms with E-state index in [0.29, 0.717) is 38.2 Å². The summed E-state index contributed by atoms with van der Waals surface area (Å²) in [6, 6.07) is 7.36. The van der Waals surface area contributed by atoms with Gasteiger partial charge in [0.2, 0.25) is 0 Å². The van der Waals surface area contributed by atoms with Gasteiger partial charge in [-0.15, -0.1) is 12.4 Å². The number of carbonyl (C=O) groups excluding carboxylic acids is 1. The molecular weight excluding hydrogens is 283 g/mol. The van der Waals surface area contributed by atoms with E-state index in [1.165, 1.54) is 0 Å². The molecule has 0 radical (unpaired) electrons. The van der Waals surface area contributed by atoms with E-state index in [4.69, 9.17) is 10.5 Å². The van der Waals surface area contributed by atoms with Crippen LogP contribution in [0.4, 0.5) is 4.39 Å². The number of likely N-dealkylation sites (tertiary alicyclic amines) is 1. The first-order valence-electron chi connectivity index (χ1n) is 6.52. The number of nitrogens with zero attached hydrogens (tertiary/aromatic N) is 1. The Kier molecular flexibility index (Phi) is 6.75. The van der Waals surface area contributed by atoms with Gasteiger partial charge in [0.25, 0.3) is 5.91 Å². The third-order valence-electron chi connectivity index (χ3n) is 3.27. The van der Waals surface area contributed by atoms with Crippen molar-refractivity contribution < 1.29 is 13.9 Å². The van der Waals surface area contributed by atoms with Crippen LogP contribution in [0.2, 0.25) is 0 Å². The predicted octanol–water partition coefficient (Wildman–Crippen LogP) is 1.91. The standard InChI is InChI=1S/C14H19FN2O2.ClH/c15-12-4-6-17(7-5-12)14(18)10-19-13-3-1-2-11(8-13)9-16;/h1-3,8,12H,4-7,9-10,16H2;1H. The van der Waals surface area contributed by atoms with Crippen LogP contribution in [0.15, 0.2) is 24.3 Å². The topological polar surface area (TPSA) is 55.6 Å².